The minimum absolute atomic E-state index is 0.334. The summed E-state index contributed by atoms with van der Waals surface area (Å²) in [5.41, 5.74) is 0.501. The second-order valence-corrected chi connectivity index (χ2v) is 8.68. The predicted molar refractivity (Wildman–Crippen MR) is 71.9 cm³/mol. The van der Waals surface area contributed by atoms with Gasteiger partial charge in [-0.3, -0.25) is 4.90 Å². The Balaban J connectivity index is 2.47. The molecule has 0 aromatic rings. The molecule has 1 saturated heterocycles. The quantitative estimate of drug-likeness (QED) is 0.403. The maximum atomic E-state index is 2.61. The maximum absolute atomic E-state index is 2.61. The third-order valence-electron chi connectivity index (χ3n) is 3.47. The van der Waals surface area contributed by atoms with Gasteiger partial charge in [-0.25, -0.2) is 0 Å². The number of hydrogen-bond acceptors (Lipinski definition) is 1. The van der Waals surface area contributed by atoms with E-state index in [0.29, 0.717) is 8.96 Å². The monoisotopic (exact) mass is 309 g/mol. The van der Waals surface area contributed by atoms with Crippen molar-refractivity contribution in [2.75, 3.05) is 13.1 Å². The summed E-state index contributed by atoms with van der Waals surface area (Å²) in [4.78, 5) is 2.61. The van der Waals surface area contributed by atoms with E-state index in [4.69, 9.17) is 0 Å². The second-order valence-electron chi connectivity index (χ2n) is 6.04. The molecular formula is C12H24IN. The molecule has 0 bridgehead atoms. The predicted octanol–water partition coefficient (Wildman–Crippen LogP) is 3.92. The van der Waals surface area contributed by atoms with Crippen LogP contribution < -0.4 is 0 Å². The van der Waals surface area contributed by atoms with Gasteiger partial charge >= 0.3 is 0 Å². The first-order valence-electron chi connectivity index (χ1n) is 5.65. The normalized spacial score (nSPS) is 22.7. The molecule has 0 radical (unpaired) electrons. The molecule has 1 aliphatic rings. The van der Waals surface area contributed by atoms with Gasteiger partial charge in [-0.1, -0.05) is 43.4 Å². The van der Waals surface area contributed by atoms with E-state index in [-0.39, 0.29) is 0 Å². The van der Waals surface area contributed by atoms with Crippen molar-refractivity contribution in [1.29, 1.82) is 0 Å². The molecule has 1 heterocycles. The average molecular weight is 309 g/mol. The van der Waals surface area contributed by atoms with Gasteiger partial charge in [0.2, 0.25) is 0 Å². The van der Waals surface area contributed by atoms with Gasteiger partial charge in [0.15, 0.2) is 0 Å². The molecule has 1 rings (SSSR count). The molecule has 0 atom stereocenters. The van der Waals surface area contributed by atoms with E-state index in [1.165, 1.54) is 25.9 Å². The van der Waals surface area contributed by atoms with E-state index < -0.39 is 0 Å². The van der Waals surface area contributed by atoms with Crippen LogP contribution in [0.25, 0.3) is 0 Å². The topological polar surface area (TPSA) is 3.24 Å². The number of rotatable bonds is 1. The summed E-state index contributed by atoms with van der Waals surface area (Å²) in [6.07, 6.45) is 2.74. The molecule has 0 saturated carbocycles. The molecular weight excluding hydrogens is 285 g/mol. The van der Waals surface area contributed by atoms with Crippen LogP contribution in [0.1, 0.15) is 47.5 Å². The van der Waals surface area contributed by atoms with Crippen LogP contribution in [0.4, 0.5) is 0 Å². The molecule has 1 fully saturated rings. The Labute approximate surface area is 103 Å². The molecule has 0 aromatic carbocycles. The lowest BCUT2D eigenvalue weighted by Gasteiger charge is -2.43. The Hall–Kier alpha value is 0.690. The first-order valence-corrected chi connectivity index (χ1v) is 6.73. The van der Waals surface area contributed by atoms with Crippen molar-refractivity contribution in [2.24, 2.45) is 11.3 Å². The van der Waals surface area contributed by atoms with Gasteiger partial charge in [0.05, 0.1) is 3.55 Å². The lowest BCUT2D eigenvalue weighted by atomic mass is 9.75. The number of likely N-dealkylation sites (tertiary alicyclic amines) is 1. The fraction of sp³-hybridized carbons (Fsp3) is 1.00. The van der Waals surface area contributed by atoms with E-state index in [0.717, 1.165) is 5.92 Å². The van der Waals surface area contributed by atoms with Gasteiger partial charge in [0.25, 0.3) is 0 Å². The molecule has 1 aliphatic heterocycles. The van der Waals surface area contributed by atoms with Crippen molar-refractivity contribution in [3.8, 4) is 0 Å². The minimum atomic E-state index is 0.334. The standard InChI is InChI=1S/C12H24IN/c1-11(2,3)10-6-8-14(9-7-10)12(4,5)13/h10H,6-9H2,1-5H3. The molecule has 84 valence electrons. The largest absolute Gasteiger partial charge is 0.290 e. The zero-order valence-electron chi connectivity index (χ0n) is 10.2. The summed E-state index contributed by atoms with van der Waals surface area (Å²) in [6, 6.07) is 0. The van der Waals surface area contributed by atoms with E-state index in [2.05, 4.69) is 62.1 Å². The molecule has 0 spiro atoms. The molecule has 14 heavy (non-hydrogen) atoms. The number of nitrogens with zero attached hydrogens (tertiary/aromatic N) is 1. The van der Waals surface area contributed by atoms with Crippen LogP contribution in [0.5, 0.6) is 0 Å². The van der Waals surface area contributed by atoms with Crippen LogP contribution >= 0.6 is 22.6 Å². The first-order chi connectivity index (χ1) is 6.21. The SMILES string of the molecule is CC(C)(C)C1CCN(C(C)(C)I)CC1. The highest BCUT2D eigenvalue weighted by Crippen LogP contribution is 2.37. The zero-order chi connectivity index (χ0) is 11.0. The van der Waals surface area contributed by atoms with Crippen molar-refractivity contribution in [1.82, 2.24) is 4.90 Å². The van der Waals surface area contributed by atoms with Crippen molar-refractivity contribution < 1.29 is 0 Å². The van der Waals surface area contributed by atoms with E-state index in [1.54, 1.807) is 0 Å². The highest BCUT2D eigenvalue weighted by atomic mass is 127. The van der Waals surface area contributed by atoms with Gasteiger partial charge < -0.3 is 0 Å². The Morgan fingerprint density at radius 3 is 1.71 bits per heavy atom. The van der Waals surface area contributed by atoms with Gasteiger partial charge in [-0.2, -0.15) is 0 Å². The summed E-state index contributed by atoms with van der Waals surface area (Å²) >= 11 is 2.55. The van der Waals surface area contributed by atoms with Crippen molar-refractivity contribution in [3.05, 3.63) is 0 Å². The van der Waals surface area contributed by atoms with Crippen LogP contribution in [-0.4, -0.2) is 21.5 Å². The molecule has 0 N–H and O–H groups in total. The fourth-order valence-electron chi connectivity index (χ4n) is 2.28. The second kappa shape index (κ2) is 4.28. The summed E-state index contributed by atoms with van der Waals surface area (Å²) in [7, 11) is 0. The average Bonchev–Trinajstić information content (AvgIpc) is 2.01. The fourth-order valence-corrected chi connectivity index (χ4v) is 2.76. The summed E-state index contributed by atoms with van der Waals surface area (Å²) in [5.74, 6) is 0.914. The number of halogens is 1. The molecule has 0 aromatic heterocycles. The summed E-state index contributed by atoms with van der Waals surface area (Å²) in [6.45, 7) is 14.3. The Morgan fingerprint density at radius 2 is 1.43 bits per heavy atom. The molecule has 0 unspecified atom stereocenters. The van der Waals surface area contributed by atoms with Gasteiger partial charge in [-0.05, 0) is 51.1 Å². The third-order valence-corrected chi connectivity index (χ3v) is 4.15. The molecule has 1 nitrogen and oxygen atoms in total. The van der Waals surface area contributed by atoms with Crippen molar-refractivity contribution >= 4 is 22.6 Å². The lowest BCUT2D eigenvalue weighted by Crippen LogP contribution is -2.46. The van der Waals surface area contributed by atoms with Gasteiger partial charge in [0, 0.05) is 0 Å². The number of alkyl halides is 1. The first kappa shape index (κ1) is 12.8. The minimum Gasteiger partial charge on any atom is -0.290 e. The van der Waals surface area contributed by atoms with Crippen LogP contribution in [0, 0.1) is 11.3 Å². The third kappa shape index (κ3) is 3.37. The molecule has 0 amide bonds. The van der Waals surface area contributed by atoms with Crippen LogP contribution in [0.2, 0.25) is 0 Å². The number of hydrogen-bond donors (Lipinski definition) is 0. The summed E-state index contributed by atoms with van der Waals surface area (Å²) in [5, 5.41) is 0. The zero-order valence-corrected chi connectivity index (χ0v) is 12.4. The van der Waals surface area contributed by atoms with Gasteiger partial charge in [0.1, 0.15) is 0 Å². The van der Waals surface area contributed by atoms with Crippen molar-refractivity contribution in [2.45, 2.75) is 51.0 Å². The molecule has 0 aliphatic carbocycles. The number of piperidine rings is 1. The lowest BCUT2D eigenvalue weighted by molar-refractivity contribution is 0.0877. The summed E-state index contributed by atoms with van der Waals surface area (Å²) < 4.78 is 0.334. The van der Waals surface area contributed by atoms with E-state index in [1.807, 2.05) is 0 Å². The highest BCUT2D eigenvalue weighted by molar-refractivity contribution is 14.1. The maximum Gasteiger partial charge on any atom is 0.0673 e. The Morgan fingerprint density at radius 1 is 1.00 bits per heavy atom. The Bertz CT molecular complexity index is 157. The Kier molecular flexibility index (Phi) is 3.90. The highest BCUT2D eigenvalue weighted by Gasteiger charge is 2.32. The van der Waals surface area contributed by atoms with Crippen LogP contribution in [0.3, 0.4) is 0 Å². The van der Waals surface area contributed by atoms with E-state index >= 15 is 0 Å². The van der Waals surface area contributed by atoms with Gasteiger partial charge in [-0.15, -0.1) is 0 Å². The van der Waals surface area contributed by atoms with Crippen LogP contribution in [0.15, 0.2) is 0 Å². The molecule has 2 heteroatoms. The van der Waals surface area contributed by atoms with Crippen LogP contribution in [-0.2, 0) is 0 Å². The smallest absolute Gasteiger partial charge is 0.0673 e. The van der Waals surface area contributed by atoms with Crippen molar-refractivity contribution in [3.63, 3.8) is 0 Å². The van der Waals surface area contributed by atoms with E-state index in [9.17, 15) is 0 Å².